The first-order chi connectivity index (χ1) is 8.42. The first kappa shape index (κ1) is 12.4. The normalized spacial score (nSPS) is 11.6. The average molecular weight is 248 g/mol. The van der Waals surface area contributed by atoms with Crippen molar-refractivity contribution in [1.82, 2.24) is 9.55 Å². The molecule has 0 unspecified atom stereocenters. The number of hydrogen-bond donors (Lipinski definition) is 0. The SMILES string of the molecule is COc1ccnc2ccn(C(=O)OC(C)(C)C)c12. The van der Waals surface area contributed by atoms with Crippen LogP contribution in [-0.2, 0) is 4.74 Å². The third-order valence-electron chi connectivity index (χ3n) is 2.35. The second-order valence-electron chi connectivity index (χ2n) is 4.91. The van der Waals surface area contributed by atoms with Crippen LogP contribution >= 0.6 is 0 Å². The molecular weight excluding hydrogens is 232 g/mol. The van der Waals surface area contributed by atoms with Gasteiger partial charge in [0, 0.05) is 18.5 Å². The van der Waals surface area contributed by atoms with Crippen LogP contribution in [0.5, 0.6) is 5.75 Å². The van der Waals surface area contributed by atoms with Crippen LogP contribution in [0, 0.1) is 0 Å². The lowest BCUT2D eigenvalue weighted by Gasteiger charge is -2.20. The van der Waals surface area contributed by atoms with Gasteiger partial charge in [0.15, 0.2) is 0 Å². The minimum absolute atomic E-state index is 0.441. The zero-order valence-corrected chi connectivity index (χ0v) is 10.9. The van der Waals surface area contributed by atoms with E-state index in [2.05, 4.69) is 4.98 Å². The van der Waals surface area contributed by atoms with Gasteiger partial charge in [-0.3, -0.25) is 4.98 Å². The number of methoxy groups -OCH3 is 1. The molecule has 96 valence electrons. The van der Waals surface area contributed by atoms with Gasteiger partial charge in [0.05, 0.1) is 12.6 Å². The Labute approximate surface area is 105 Å². The smallest absolute Gasteiger partial charge is 0.419 e. The largest absolute Gasteiger partial charge is 0.494 e. The Morgan fingerprint density at radius 2 is 2.06 bits per heavy atom. The second-order valence-corrected chi connectivity index (χ2v) is 4.91. The molecule has 0 saturated carbocycles. The number of carbonyl (C=O) groups is 1. The van der Waals surface area contributed by atoms with Crippen LogP contribution < -0.4 is 4.74 Å². The fraction of sp³-hybridized carbons (Fsp3) is 0.385. The van der Waals surface area contributed by atoms with Crippen LogP contribution in [0.25, 0.3) is 11.0 Å². The molecule has 18 heavy (non-hydrogen) atoms. The van der Waals surface area contributed by atoms with Crippen molar-refractivity contribution in [3.8, 4) is 5.75 Å². The molecule has 2 rings (SSSR count). The fourth-order valence-electron chi connectivity index (χ4n) is 1.66. The first-order valence-electron chi connectivity index (χ1n) is 5.66. The number of carbonyl (C=O) groups excluding carboxylic acids is 1. The Morgan fingerprint density at radius 1 is 1.33 bits per heavy atom. The van der Waals surface area contributed by atoms with Crippen molar-refractivity contribution in [2.75, 3.05) is 7.11 Å². The molecule has 0 spiro atoms. The Kier molecular flexibility index (Phi) is 2.98. The van der Waals surface area contributed by atoms with Gasteiger partial charge in [-0.25, -0.2) is 9.36 Å². The molecule has 0 bridgehead atoms. The summed E-state index contributed by atoms with van der Waals surface area (Å²) in [6.07, 6.45) is 2.83. The molecule has 0 radical (unpaired) electrons. The minimum atomic E-state index is -0.539. The minimum Gasteiger partial charge on any atom is -0.494 e. The van der Waals surface area contributed by atoms with Crippen molar-refractivity contribution in [1.29, 1.82) is 0 Å². The molecule has 0 N–H and O–H groups in total. The third-order valence-corrected chi connectivity index (χ3v) is 2.35. The highest BCUT2D eigenvalue weighted by Gasteiger charge is 2.20. The molecule has 0 fully saturated rings. The van der Waals surface area contributed by atoms with E-state index >= 15 is 0 Å². The monoisotopic (exact) mass is 248 g/mol. The number of hydrogen-bond acceptors (Lipinski definition) is 4. The van der Waals surface area contributed by atoms with Gasteiger partial charge in [-0.2, -0.15) is 0 Å². The summed E-state index contributed by atoms with van der Waals surface area (Å²) in [4.78, 5) is 16.2. The number of fused-ring (bicyclic) bond motifs is 1. The van der Waals surface area contributed by atoms with E-state index in [4.69, 9.17) is 9.47 Å². The summed E-state index contributed by atoms with van der Waals surface area (Å²) in [5.41, 5.74) is 0.776. The molecule has 0 saturated heterocycles. The van der Waals surface area contributed by atoms with Gasteiger partial charge < -0.3 is 9.47 Å². The van der Waals surface area contributed by atoms with Gasteiger partial charge in [0.25, 0.3) is 0 Å². The number of nitrogens with zero attached hydrogens (tertiary/aromatic N) is 2. The predicted octanol–water partition coefficient (Wildman–Crippen LogP) is 2.83. The zero-order chi connectivity index (χ0) is 13.3. The molecule has 0 aromatic carbocycles. The summed E-state index contributed by atoms with van der Waals surface area (Å²) in [5.74, 6) is 0.593. The molecule has 0 aliphatic heterocycles. The maximum atomic E-state index is 12.1. The van der Waals surface area contributed by atoms with Gasteiger partial charge in [-0.1, -0.05) is 0 Å². The molecule has 0 aliphatic rings. The van der Waals surface area contributed by atoms with E-state index in [1.165, 1.54) is 4.57 Å². The lowest BCUT2D eigenvalue weighted by molar-refractivity contribution is 0.0544. The Balaban J connectivity index is 2.48. The fourth-order valence-corrected chi connectivity index (χ4v) is 1.66. The second kappa shape index (κ2) is 4.33. The number of rotatable bonds is 1. The first-order valence-corrected chi connectivity index (χ1v) is 5.66. The Morgan fingerprint density at radius 3 is 2.67 bits per heavy atom. The molecule has 0 amide bonds. The zero-order valence-electron chi connectivity index (χ0n) is 10.9. The highest BCUT2D eigenvalue weighted by molar-refractivity contribution is 5.91. The summed E-state index contributed by atoms with van der Waals surface area (Å²) in [7, 11) is 1.56. The van der Waals surface area contributed by atoms with Gasteiger partial charge in [-0.15, -0.1) is 0 Å². The average Bonchev–Trinajstić information content (AvgIpc) is 2.70. The summed E-state index contributed by atoms with van der Waals surface area (Å²) in [5, 5.41) is 0. The Hall–Kier alpha value is -2.04. The molecule has 5 heteroatoms. The summed E-state index contributed by atoms with van der Waals surface area (Å²) in [6.45, 7) is 5.48. The third kappa shape index (κ3) is 2.30. The van der Waals surface area contributed by atoms with Crippen LogP contribution in [0.2, 0.25) is 0 Å². The van der Waals surface area contributed by atoms with Crippen molar-refractivity contribution in [2.24, 2.45) is 0 Å². The molecule has 2 aromatic rings. The van der Waals surface area contributed by atoms with Gasteiger partial charge in [0.2, 0.25) is 0 Å². The van der Waals surface area contributed by atoms with E-state index in [0.29, 0.717) is 16.8 Å². The van der Waals surface area contributed by atoms with Crippen molar-refractivity contribution in [3.63, 3.8) is 0 Å². The molecule has 2 aromatic heterocycles. The van der Waals surface area contributed by atoms with E-state index < -0.39 is 11.7 Å². The van der Waals surface area contributed by atoms with E-state index in [1.54, 1.807) is 31.6 Å². The van der Waals surface area contributed by atoms with Crippen LogP contribution in [-0.4, -0.2) is 28.4 Å². The predicted molar refractivity (Wildman–Crippen MR) is 67.9 cm³/mol. The molecular formula is C13H16N2O3. The van der Waals surface area contributed by atoms with Crippen LogP contribution in [0.1, 0.15) is 20.8 Å². The van der Waals surface area contributed by atoms with E-state index in [1.807, 2.05) is 20.8 Å². The number of aromatic nitrogens is 2. The lowest BCUT2D eigenvalue weighted by Crippen LogP contribution is -2.26. The van der Waals surface area contributed by atoms with Gasteiger partial charge >= 0.3 is 6.09 Å². The Bertz CT molecular complexity index is 581. The van der Waals surface area contributed by atoms with E-state index in [-0.39, 0.29) is 0 Å². The lowest BCUT2D eigenvalue weighted by atomic mass is 10.2. The van der Waals surface area contributed by atoms with Crippen molar-refractivity contribution < 1.29 is 14.3 Å². The molecule has 5 nitrogen and oxygen atoms in total. The van der Waals surface area contributed by atoms with Crippen LogP contribution in [0.4, 0.5) is 4.79 Å². The van der Waals surface area contributed by atoms with Crippen LogP contribution in [0.15, 0.2) is 24.5 Å². The molecule has 0 atom stereocenters. The van der Waals surface area contributed by atoms with Gasteiger partial charge in [-0.05, 0) is 26.8 Å². The number of ether oxygens (including phenoxy) is 2. The highest BCUT2D eigenvalue weighted by Crippen LogP contribution is 2.25. The maximum Gasteiger partial charge on any atom is 0.419 e. The van der Waals surface area contributed by atoms with Gasteiger partial charge in [0.1, 0.15) is 16.9 Å². The summed E-state index contributed by atoms with van der Waals surface area (Å²) >= 11 is 0. The highest BCUT2D eigenvalue weighted by atomic mass is 16.6. The summed E-state index contributed by atoms with van der Waals surface area (Å²) < 4.78 is 12.0. The maximum absolute atomic E-state index is 12.1. The summed E-state index contributed by atoms with van der Waals surface area (Å²) in [6, 6.07) is 3.46. The van der Waals surface area contributed by atoms with Crippen molar-refractivity contribution in [3.05, 3.63) is 24.5 Å². The van der Waals surface area contributed by atoms with E-state index in [9.17, 15) is 4.79 Å². The van der Waals surface area contributed by atoms with E-state index in [0.717, 1.165) is 0 Å². The van der Waals surface area contributed by atoms with Crippen molar-refractivity contribution in [2.45, 2.75) is 26.4 Å². The molecule has 0 aliphatic carbocycles. The molecule has 2 heterocycles. The number of pyridine rings is 1. The topological polar surface area (TPSA) is 53.4 Å². The van der Waals surface area contributed by atoms with Crippen molar-refractivity contribution >= 4 is 17.1 Å². The van der Waals surface area contributed by atoms with Crippen LogP contribution in [0.3, 0.4) is 0 Å². The standard InChI is InChI=1S/C13H16N2O3/c1-13(2,3)18-12(16)15-8-6-9-11(15)10(17-4)5-7-14-9/h5-8H,1-4H3. The quantitative estimate of drug-likeness (QED) is 0.778.